The van der Waals surface area contributed by atoms with Crippen molar-refractivity contribution in [2.75, 3.05) is 0 Å². The van der Waals surface area contributed by atoms with Gasteiger partial charge in [-0.2, -0.15) is 13.0 Å². The van der Waals surface area contributed by atoms with E-state index in [-0.39, 0.29) is 0 Å². The second-order valence-corrected chi connectivity index (χ2v) is 4.83. The zero-order chi connectivity index (χ0) is 15.8. The molecular weight excluding hydrogens is 310 g/mol. The van der Waals surface area contributed by atoms with Gasteiger partial charge >= 0.3 is 11.4 Å². The van der Waals surface area contributed by atoms with Crippen LogP contribution in [0.15, 0.2) is 72.7 Å². The molecular formula is C16H12F2O3S. The van der Waals surface area contributed by atoms with Crippen LogP contribution in [0.5, 0.6) is 0 Å². The van der Waals surface area contributed by atoms with E-state index >= 15 is 0 Å². The normalized spacial score (nSPS) is 13.5. The van der Waals surface area contributed by atoms with Gasteiger partial charge in [0.2, 0.25) is 0 Å². The van der Waals surface area contributed by atoms with Crippen LogP contribution in [0.2, 0.25) is 0 Å². The van der Waals surface area contributed by atoms with Gasteiger partial charge in [0, 0.05) is 12.2 Å². The van der Waals surface area contributed by atoms with Gasteiger partial charge < -0.3 is 8.37 Å². The first kappa shape index (κ1) is 15.9. The molecule has 3 nitrogen and oxygen atoms in total. The van der Waals surface area contributed by atoms with Gasteiger partial charge in [0.25, 0.3) is 12.0 Å². The highest BCUT2D eigenvalue weighted by Crippen LogP contribution is 2.15. The Hall–Kier alpha value is -2.47. The molecule has 0 aromatic heterocycles. The average Bonchev–Trinajstić information content (AvgIpc) is 2.48. The topological polar surface area (TPSA) is 35.5 Å². The minimum absolute atomic E-state index is 0.511. The van der Waals surface area contributed by atoms with Crippen LogP contribution in [0.25, 0.3) is 12.2 Å². The molecule has 0 saturated heterocycles. The van der Waals surface area contributed by atoms with E-state index in [0.717, 1.165) is 12.2 Å². The van der Waals surface area contributed by atoms with Gasteiger partial charge in [0.1, 0.15) is 0 Å². The molecule has 0 amide bonds. The largest absolute Gasteiger partial charge is 0.422 e. The molecule has 0 aliphatic carbocycles. The third kappa shape index (κ3) is 5.49. The van der Waals surface area contributed by atoms with Crippen LogP contribution in [0, 0.1) is 0 Å². The van der Waals surface area contributed by atoms with Crippen LogP contribution >= 0.6 is 0 Å². The first-order valence-corrected chi connectivity index (χ1v) is 7.26. The van der Waals surface area contributed by atoms with Crippen LogP contribution in [-0.4, -0.2) is 4.21 Å². The van der Waals surface area contributed by atoms with Crippen LogP contribution in [0.1, 0.15) is 11.1 Å². The summed E-state index contributed by atoms with van der Waals surface area (Å²) in [5, 5.41) is 0. The van der Waals surface area contributed by atoms with Crippen LogP contribution in [0.3, 0.4) is 0 Å². The molecule has 2 rings (SSSR count). The fourth-order valence-electron chi connectivity index (χ4n) is 1.56. The summed E-state index contributed by atoms with van der Waals surface area (Å²) in [5.41, 5.74) is 1.02. The predicted octanol–water partition coefficient (Wildman–Crippen LogP) is 4.53. The summed E-state index contributed by atoms with van der Waals surface area (Å²) >= 11 is -2.61. The molecule has 22 heavy (non-hydrogen) atoms. The summed E-state index contributed by atoms with van der Waals surface area (Å²) in [6, 6.07) is 14.6. The Morgan fingerprint density at radius 3 is 1.50 bits per heavy atom. The van der Waals surface area contributed by atoms with E-state index in [1.807, 2.05) is 0 Å². The van der Waals surface area contributed by atoms with E-state index in [1.165, 1.54) is 0 Å². The number of halogens is 2. The van der Waals surface area contributed by atoms with Gasteiger partial charge in [0.15, 0.2) is 0 Å². The Labute approximate surface area is 129 Å². The quantitative estimate of drug-likeness (QED) is 0.733. The summed E-state index contributed by atoms with van der Waals surface area (Å²) in [4.78, 5) is 0. The molecule has 0 aliphatic heterocycles. The van der Waals surface area contributed by atoms with E-state index in [4.69, 9.17) is 0 Å². The minimum atomic E-state index is -2.61. The van der Waals surface area contributed by atoms with Crippen molar-refractivity contribution < 1.29 is 21.4 Å². The van der Waals surface area contributed by atoms with Crippen molar-refractivity contribution in [2.45, 2.75) is 0 Å². The van der Waals surface area contributed by atoms with Crippen LogP contribution < -0.4 is 0 Å². The molecule has 6 heteroatoms. The zero-order valence-electron chi connectivity index (χ0n) is 11.3. The van der Waals surface area contributed by atoms with Crippen molar-refractivity contribution >= 4 is 23.5 Å². The third-order valence-corrected chi connectivity index (χ3v) is 3.05. The lowest BCUT2D eigenvalue weighted by Crippen LogP contribution is -1.98. The molecule has 0 atom stereocenters. The molecule has 0 bridgehead atoms. The Morgan fingerprint density at radius 1 is 0.773 bits per heavy atom. The van der Waals surface area contributed by atoms with Gasteiger partial charge in [0.05, 0.1) is 0 Å². The monoisotopic (exact) mass is 322 g/mol. The number of benzene rings is 2. The molecule has 0 aliphatic rings. The smallest absolute Gasteiger partial charge is 0.341 e. The fourth-order valence-corrected chi connectivity index (χ4v) is 1.95. The lowest BCUT2D eigenvalue weighted by atomic mass is 10.2. The minimum Gasteiger partial charge on any atom is -0.341 e. The van der Waals surface area contributed by atoms with Crippen molar-refractivity contribution in [1.82, 2.24) is 0 Å². The van der Waals surface area contributed by atoms with Crippen molar-refractivity contribution in [2.24, 2.45) is 0 Å². The Balaban J connectivity index is 1.92. The first-order chi connectivity index (χ1) is 10.6. The Morgan fingerprint density at radius 2 is 1.14 bits per heavy atom. The van der Waals surface area contributed by atoms with Crippen molar-refractivity contribution in [3.05, 3.63) is 83.8 Å². The maximum absolute atomic E-state index is 13.4. The Bertz CT molecular complexity index is 626. The van der Waals surface area contributed by atoms with E-state index in [0.29, 0.717) is 11.1 Å². The predicted molar refractivity (Wildman–Crippen MR) is 81.4 cm³/mol. The van der Waals surface area contributed by atoms with Gasteiger partial charge in [-0.3, -0.25) is 0 Å². The second kappa shape index (κ2) is 8.09. The summed E-state index contributed by atoms with van der Waals surface area (Å²) in [6.45, 7) is 0. The number of hydrogen-bond acceptors (Lipinski definition) is 3. The maximum Gasteiger partial charge on any atom is 0.422 e. The van der Waals surface area contributed by atoms with E-state index in [2.05, 4.69) is 8.37 Å². The lowest BCUT2D eigenvalue weighted by molar-refractivity contribution is 0.253. The molecule has 0 unspecified atom stereocenters. The molecule has 0 radical (unpaired) electrons. The van der Waals surface area contributed by atoms with Gasteiger partial charge in [-0.05, 0) is 11.1 Å². The molecule has 2 aromatic rings. The second-order valence-electron chi connectivity index (χ2n) is 4.09. The molecule has 2 aromatic carbocycles. The summed E-state index contributed by atoms with van der Waals surface area (Å²) < 4.78 is 46.9. The average molecular weight is 322 g/mol. The standard InChI is InChI=1S/C16H12F2O3S/c17-15(11-13-7-3-1-4-8-13)20-22(19)21-16(18)12-14-9-5-2-6-10-14/h1-12H. The Kier molecular flexibility index (Phi) is 5.85. The van der Waals surface area contributed by atoms with Gasteiger partial charge in [-0.15, -0.1) is 0 Å². The molecule has 0 spiro atoms. The van der Waals surface area contributed by atoms with Crippen LogP contribution in [0.4, 0.5) is 8.78 Å². The zero-order valence-corrected chi connectivity index (χ0v) is 12.1. The van der Waals surface area contributed by atoms with Crippen molar-refractivity contribution in [3.63, 3.8) is 0 Å². The van der Waals surface area contributed by atoms with Crippen LogP contribution in [-0.2, 0) is 19.7 Å². The molecule has 0 fully saturated rings. The van der Waals surface area contributed by atoms with Crippen molar-refractivity contribution in [3.8, 4) is 0 Å². The highest BCUT2D eigenvalue weighted by Gasteiger charge is 2.09. The number of rotatable bonds is 6. The molecule has 0 N–H and O–H groups in total. The van der Waals surface area contributed by atoms with E-state index in [9.17, 15) is 13.0 Å². The summed E-state index contributed by atoms with van der Waals surface area (Å²) in [5.74, 6) is 0. The lowest BCUT2D eigenvalue weighted by Gasteiger charge is -2.02. The summed E-state index contributed by atoms with van der Waals surface area (Å²) in [7, 11) is 0. The van der Waals surface area contributed by atoms with Gasteiger partial charge in [-0.1, -0.05) is 60.7 Å². The molecule has 0 saturated carbocycles. The molecule has 114 valence electrons. The fraction of sp³-hybridized carbons (Fsp3) is 0. The maximum atomic E-state index is 13.4. The highest BCUT2D eigenvalue weighted by atomic mass is 32.2. The third-order valence-electron chi connectivity index (χ3n) is 2.45. The van der Waals surface area contributed by atoms with E-state index in [1.54, 1.807) is 60.7 Å². The SMILES string of the molecule is O=S(OC(F)=Cc1ccccc1)OC(F)=Cc1ccccc1. The number of hydrogen-bond donors (Lipinski definition) is 0. The highest BCUT2D eigenvalue weighted by molar-refractivity contribution is 7.75. The van der Waals surface area contributed by atoms with Crippen molar-refractivity contribution in [1.29, 1.82) is 0 Å². The van der Waals surface area contributed by atoms with Gasteiger partial charge in [-0.25, -0.2) is 0 Å². The molecule has 0 heterocycles. The van der Waals surface area contributed by atoms with E-state index < -0.39 is 23.4 Å². The summed E-state index contributed by atoms with van der Waals surface area (Å²) in [6.07, 6.45) is 2.03. The first-order valence-electron chi connectivity index (χ1n) is 6.26.